The van der Waals surface area contributed by atoms with Crippen LogP contribution in [0.25, 0.3) is 5.65 Å². The highest BCUT2D eigenvalue weighted by Crippen LogP contribution is 2.35. The number of aryl methyl sites for hydroxylation is 1. The lowest BCUT2D eigenvalue weighted by molar-refractivity contribution is -0.109. The molecule has 152 valence electrons. The third kappa shape index (κ3) is 3.94. The van der Waals surface area contributed by atoms with Gasteiger partial charge in [0.05, 0.1) is 18.3 Å². The molecule has 0 saturated carbocycles. The van der Waals surface area contributed by atoms with Crippen LogP contribution in [0.1, 0.15) is 36.6 Å². The van der Waals surface area contributed by atoms with Crippen molar-refractivity contribution in [1.82, 2.24) is 24.9 Å². The van der Waals surface area contributed by atoms with Crippen LogP contribution >= 0.6 is 0 Å². The van der Waals surface area contributed by atoms with Gasteiger partial charge >= 0.3 is 0 Å². The summed E-state index contributed by atoms with van der Waals surface area (Å²) in [6.07, 6.45) is 5.41. The monoisotopic (exact) mass is 395 g/mol. The van der Waals surface area contributed by atoms with E-state index in [1.807, 2.05) is 37.4 Å². The largest absolute Gasteiger partial charge is 0.478 e. The van der Waals surface area contributed by atoms with Crippen LogP contribution in [0.2, 0.25) is 0 Å². The van der Waals surface area contributed by atoms with Gasteiger partial charge in [0.2, 0.25) is 12.3 Å². The van der Waals surface area contributed by atoms with Gasteiger partial charge < -0.3 is 20.7 Å². The van der Waals surface area contributed by atoms with Crippen molar-refractivity contribution in [1.29, 1.82) is 0 Å². The Hall–Kier alpha value is -3.36. The van der Waals surface area contributed by atoms with E-state index >= 15 is 0 Å². The number of rotatable bonds is 8. The number of hydrogen-bond donors (Lipinski definition) is 2. The average molecular weight is 395 g/mol. The first-order chi connectivity index (χ1) is 14.2. The normalized spacial score (nSPS) is 16.3. The molecule has 0 radical (unpaired) electrons. The molecule has 0 aliphatic carbocycles. The molecule has 3 aromatic heterocycles. The van der Waals surface area contributed by atoms with E-state index in [2.05, 4.69) is 15.3 Å². The number of anilines is 2. The van der Waals surface area contributed by atoms with Crippen molar-refractivity contribution >= 4 is 23.7 Å². The third-order valence-electron chi connectivity index (χ3n) is 5.17. The highest BCUT2D eigenvalue weighted by Gasteiger charge is 2.29. The molecule has 1 fully saturated rings. The lowest BCUT2D eigenvalue weighted by atomic mass is 10.1. The van der Waals surface area contributed by atoms with E-state index in [1.165, 1.54) is 0 Å². The van der Waals surface area contributed by atoms with Crippen molar-refractivity contribution in [3.05, 3.63) is 41.7 Å². The van der Waals surface area contributed by atoms with E-state index < -0.39 is 0 Å². The predicted octanol–water partition coefficient (Wildman–Crippen LogP) is 1.87. The molecular formula is C20H25N7O2. The topological polar surface area (TPSA) is 111 Å². The Morgan fingerprint density at radius 1 is 1.34 bits per heavy atom. The summed E-state index contributed by atoms with van der Waals surface area (Å²) in [6, 6.07) is 7.97. The molecule has 1 aliphatic rings. The molecule has 0 aromatic carbocycles. The zero-order valence-corrected chi connectivity index (χ0v) is 16.4. The minimum atomic E-state index is 0.144. The van der Waals surface area contributed by atoms with Crippen molar-refractivity contribution in [2.45, 2.75) is 32.2 Å². The van der Waals surface area contributed by atoms with Crippen LogP contribution < -0.4 is 20.7 Å². The summed E-state index contributed by atoms with van der Waals surface area (Å²) in [5.41, 5.74) is 8.56. The second-order valence-electron chi connectivity index (χ2n) is 7.09. The van der Waals surface area contributed by atoms with Crippen molar-refractivity contribution in [3.8, 4) is 5.88 Å². The van der Waals surface area contributed by atoms with E-state index in [-0.39, 0.29) is 6.04 Å². The van der Waals surface area contributed by atoms with Crippen LogP contribution in [0.15, 0.2) is 30.5 Å². The van der Waals surface area contributed by atoms with Crippen molar-refractivity contribution in [2.75, 3.05) is 30.3 Å². The summed E-state index contributed by atoms with van der Waals surface area (Å²) in [5, 5.41) is 6.90. The summed E-state index contributed by atoms with van der Waals surface area (Å²) in [6.45, 7) is 3.95. The van der Waals surface area contributed by atoms with Gasteiger partial charge in [-0.05, 0) is 38.3 Å². The van der Waals surface area contributed by atoms with Crippen LogP contribution in [0, 0.1) is 6.92 Å². The smallest absolute Gasteiger partial charge is 0.213 e. The summed E-state index contributed by atoms with van der Waals surface area (Å²) >= 11 is 0. The van der Waals surface area contributed by atoms with Crippen LogP contribution in [0.5, 0.6) is 5.88 Å². The Balaban J connectivity index is 1.52. The molecule has 3 N–H and O–H groups in total. The van der Waals surface area contributed by atoms with Crippen molar-refractivity contribution in [2.24, 2.45) is 0 Å². The molecule has 1 atom stereocenters. The number of aromatic nitrogens is 4. The number of nitrogens with two attached hydrogens (primary N) is 1. The fourth-order valence-corrected chi connectivity index (χ4v) is 3.66. The first kappa shape index (κ1) is 19.0. The summed E-state index contributed by atoms with van der Waals surface area (Å²) in [4.78, 5) is 22.1. The third-order valence-corrected chi connectivity index (χ3v) is 5.17. The maximum absolute atomic E-state index is 10.3. The van der Waals surface area contributed by atoms with Crippen LogP contribution in [-0.4, -0.2) is 45.7 Å². The van der Waals surface area contributed by atoms with Gasteiger partial charge in [-0.3, -0.25) is 4.79 Å². The molecule has 1 unspecified atom stereocenters. The molecule has 0 spiro atoms. The first-order valence-electron chi connectivity index (χ1n) is 9.82. The van der Waals surface area contributed by atoms with E-state index in [4.69, 9.17) is 20.4 Å². The predicted molar refractivity (Wildman–Crippen MR) is 110 cm³/mol. The van der Waals surface area contributed by atoms with E-state index in [0.29, 0.717) is 31.3 Å². The molecule has 0 bridgehead atoms. The number of carbonyl (C=O) groups is 1. The molecule has 9 heteroatoms. The van der Waals surface area contributed by atoms with Gasteiger partial charge in [-0.15, -0.1) is 5.10 Å². The molecule has 4 rings (SSSR count). The van der Waals surface area contributed by atoms with Crippen molar-refractivity contribution < 1.29 is 9.53 Å². The van der Waals surface area contributed by atoms with E-state index in [1.54, 1.807) is 4.52 Å². The van der Waals surface area contributed by atoms with Gasteiger partial charge in [0.15, 0.2) is 11.5 Å². The average Bonchev–Trinajstić information content (AvgIpc) is 3.33. The SMILES string of the molecule is Cc1c(N)nn2ccc(N3CCCC3c3cccc(OCCCNC=O)n3)nc12. The highest BCUT2D eigenvalue weighted by atomic mass is 16.5. The minimum Gasteiger partial charge on any atom is -0.478 e. The quantitative estimate of drug-likeness (QED) is 0.442. The maximum Gasteiger partial charge on any atom is 0.213 e. The standard InChI is InChI=1S/C20H25N7O2/c1-14-19(21)25-27-11-8-17(24-20(14)27)26-10-3-6-16(26)15-5-2-7-18(23-15)29-12-4-9-22-13-28/h2,5,7-8,11,13,16H,3-4,6,9-10,12H2,1H3,(H2,21,25)(H,22,28). The summed E-state index contributed by atoms with van der Waals surface area (Å²) in [7, 11) is 0. The van der Waals surface area contributed by atoms with Crippen LogP contribution in [0.3, 0.4) is 0 Å². The number of hydrogen-bond acceptors (Lipinski definition) is 7. The second kappa shape index (κ2) is 8.34. The van der Waals surface area contributed by atoms with E-state index in [0.717, 1.165) is 48.5 Å². The van der Waals surface area contributed by atoms with Crippen LogP contribution in [0.4, 0.5) is 11.6 Å². The number of ether oxygens (including phenoxy) is 1. The minimum absolute atomic E-state index is 0.144. The summed E-state index contributed by atoms with van der Waals surface area (Å²) in [5.74, 6) is 2.00. The number of amides is 1. The molecule has 1 saturated heterocycles. The highest BCUT2D eigenvalue weighted by molar-refractivity contribution is 5.61. The number of nitrogens with one attached hydrogen (secondary N) is 1. The molecule has 3 aromatic rings. The Labute approximate surface area is 168 Å². The zero-order valence-electron chi connectivity index (χ0n) is 16.4. The lowest BCUT2D eigenvalue weighted by Gasteiger charge is -2.25. The number of nitrogen functional groups attached to an aromatic ring is 1. The van der Waals surface area contributed by atoms with Gasteiger partial charge in [-0.25, -0.2) is 14.5 Å². The Kier molecular flexibility index (Phi) is 5.46. The Morgan fingerprint density at radius 3 is 3.10 bits per heavy atom. The molecule has 1 aliphatic heterocycles. The molecule has 4 heterocycles. The van der Waals surface area contributed by atoms with Crippen LogP contribution in [-0.2, 0) is 4.79 Å². The first-order valence-corrected chi connectivity index (χ1v) is 9.82. The Bertz CT molecular complexity index is 1000. The fraction of sp³-hybridized carbons (Fsp3) is 0.400. The fourth-order valence-electron chi connectivity index (χ4n) is 3.66. The maximum atomic E-state index is 10.3. The summed E-state index contributed by atoms with van der Waals surface area (Å²) < 4.78 is 7.46. The van der Waals surface area contributed by atoms with E-state index in [9.17, 15) is 4.79 Å². The molecule has 1 amide bonds. The number of carbonyl (C=O) groups excluding carboxylic acids is 1. The van der Waals surface area contributed by atoms with Crippen molar-refractivity contribution in [3.63, 3.8) is 0 Å². The van der Waals surface area contributed by atoms with Gasteiger partial charge in [0, 0.05) is 30.9 Å². The number of fused-ring (bicyclic) bond motifs is 1. The number of nitrogens with zero attached hydrogens (tertiary/aromatic N) is 5. The molecule has 29 heavy (non-hydrogen) atoms. The molecular weight excluding hydrogens is 370 g/mol. The number of pyridine rings is 1. The Morgan fingerprint density at radius 2 is 2.24 bits per heavy atom. The van der Waals surface area contributed by atoms with Gasteiger partial charge in [0.1, 0.15) is 5.82 Å². The van der Waals surface area contributed by atoms with Gasteiger partial charge in [-0.2, -0.15) is 0 Å². The van der Waals surface area contributed by atoms with Gasteiger partial charge in [0.25, 0.3) is 0 Å². The zero-order chi connectivity index (χ0) is 20.2. The second-order valence-corrected chi connectivity index (χ2v) is 7.09. The lowest BCUT2D eigenvalue weighted by Crippen LogP contribution is -2.24. The van der Waals surface area contributed by atoms with Gasteiger partial charge in [-0.1, -0.05) is 6.07 Å². The molecule has 9 nitrogen and oxygen atoms in total.